The normalized spacial score (nSPS) is 10.9. The lowest BCUT2D eigenvalue weighted by Gasteiger charge is -2.09. The van der Waals surface area contributed by atoms with E-state index in [9.17, 15) is 0 Å². The van der Waals surface area contributed by atoms with Crippen LogP contribution < -0.4 is 4.74 Å². The van der Waals surface area contributed by atoms with Gasteiger partial charge in [-0.25, -0.2) is 0 Å². The van der Waals surface area contributed by atoms with Crippen LogP contribution in [0.25, 0.3) is 16.6 Å². The number of halogens is 1. The molecule has 4 aromatic rings. The van der Waals surface area contributed by atoms with Crippen LogP contribution in [-0.4, -0.2) is 25.2 Å². The Morgan fingerprint density at radius 3 is 2.71 bits per heavy atom. The van der Waals surface area contributed by atoms with Crippen LogP contribution in [0.5, 0.6) is 5.75 Å². The molecule has 2 aromatic heterocycles. The average Bonchev–Trinajstić information content (AvgIpc) is 3.09. The molecule has 0 atom stereocenters. The van der Waals surface area contributed by atoms with Gasteiger partial charge in [0.05, 0.1) is 5.69 Å². The van der Waals surface area contributed by atoms with Crippen molar-refractivity contribution in [2.24, 2.45) is 0 Å². The largest absolute Gasteiger partial charge is 0.483 e. The van der Waals surface area contributed by atoms with Crippen LogP contribution in [0.15, 0.2) is 65.3 Å². The summed E-state index contributed by atoms with van der Waals surface area (Å²) in [5.41, 5.74) is 1.69. The summed E-state index contributed by atoms with van der Waals surface area (Å²) in [5, 5.41) is 12.9. The van der Waals surface area contributed by atoms with Gasteiger partial charge in [-0.15, -0.1) is 5.10 Å². The first-order chi connectivity index (χ1) is 11.8. The molecule has 2 aromatic carbocycles. The van der Waals surface area contributed by atoms with Gasteiger partial charge in [-0.3, -0.25) is 4.98 Å². The van der Waals surface area contributed by atoms with Gasteiger partial charge in [0.15, 0.2) is 5.82 Å². The molecule has 0 aliphatic carbocycles. The third kappa shape index (κ3) is 2.85. The molecule has 0 radical (unpaired) electrons. The molecule has 0 fully saturated rings. The zero-order valence-corrected chi connectivity index (χ0v) is 14.1. The molecule has 0 aliphatic heterocycles. The maximum absolute atomic E-state index is 5.91. The van der Waals surface area contributed by atoms with Gasteiger partial charge in [-0.05, 0) is 46.8 Å². The molecule has 0 aliphatic rings. The first-order valence-corrected chi connectivity index (χ1v) is 8.10. The summed E-state index contributed by atoms with van der Waals surface area (Å²) in [6, 6.07) is 17.5. The second-order valence-electron chi connectivity index (χ2n) is 5.10. The predicted molar refractivity (Wildman–Crippen MR) is 92.9 cm³/mol. The molecule has 0 unspecified atom stereocenters. The Morgan fingerprint density at radius 2 is 1.83 bits per heavy atom. The summed E-state index contributed by atoms with van der Waals surface area (Å²) in [7, 11) is 0. The lowest BCUT2D eigenvalue weighted by molar-refractivity contribution is 0.295. The van der Waals surface area contributed by atoms with Crippen molar-refractivity contribution in [1.82, 2.24) is 25.2 Å². The van der Waals surface area contributed by atoms with Gasteiger partial charge in [-0.1, -0.05) is 34.1 Å². The lowest BCUT2D eigenvalue weighted by Crippen LogP contribution is -2.07. The van der Waals surface area contributed by atoms with Crippen molar-refractivity contribution >= 4 is 26.8 Å². The molecule has 0 N–H and O–H groups in total. The Kier molecular flexibility index (Phi) is 3.92. The minimum absolute atomic E-state index is 0.249. The zero-order valence-electron chi connectivity index (χ0n) is 12.5. The molecular formula is C17H12BrN5O. The Hall–Kier alpha value is -2.80. The fourth-order valence-electron chi connectivity index (χ4n) is 2.41. The number of nitrogens with zero attached hydrogens (tertiary/aromatic N) is 5. The van der Waals surface area contributed by atoms with Crippen molar-refractivity contribution in [2.75, 3.05) is 0 Å². The van der Waals surface area contributed by atoms with Gasteiger partial charge >= 0.3 is 0 Å². The standard InChI is InChI=1S/C17H12BrN5O/c18-13-6-8-14(9-7-13)23-16(20-21-22-23)11-24-15-5-1-3-12-4-2-10-19-17(12)15/h1-10H,11H2. The number of hydrogen-bond donors (Lipinski definition) is 0. The number of benzene rings is 2. The van der Waals surface area contributed by atoms with Crippen molar-refractivity contribution in [2.45, 2.75) is 6.61 Å². The van der Waals surface area contributed by atoms with Crippen molar-refractivity contribution in [3.05, 3.63) is 71.1 Å². The number of pyridine rings is 1. The highest BCUT2D eigenvalue weighted by Crippen LogP contribution is 2.24. The van der Waals surface area contributed by atoms with Gasteiger partial charge in [0.25, 0.3) is 0 Å². The smallest absolute Gasteiger partial charge is 0.194 e. The summed E-state index contributed by atoms with van der Waals surface area (Å²) in [4.78, 5) is 4.38. The highest BCUT2D eigenvalue weighted by molar-refractivity contribution is 9.10. The van der Waals surface area contributed by atoms with E-state index in [0.29, 0.717) is 11.6 Å². The SMILES string of the molecule is Brc1ccc(-n2nnnc2COc2cccc3cccnc23)cc1. The van der Waals surface area contributed by atoms with E-state index in [4.69, 9.17) is 4.74 Å². The van der Waals surface area contributed by atoms with Crippen molar-refractivity contribution in [3.63, 3.8) is 0 Å². The highest BCUT2D eigenvalue weighted by Gasteiger charge is 2.10. The average molecular weight is 382 g/mol. The maximum Gasteiger partial charge on any atom is 0.194 e. The highest BCUT2D eigenvalue weighted by atomic mass is 79.9. The molecule has 0 saturated carbocycles. The Morgan fingerprint density at radius 1 is 1.00 bits per heavy atom. The van der Waals surface area contributed by atoms with Crippen LogP contribution in [0.3, 0.4) is 0 Å². The van der Waals surface area contributed by atoms with Crippen LogP contribution in [0.2, 0.25) is 0 Å². The van der Waals surface area contributed by atoms with E-state index in [1.807, 2.05) is 54.6 Å². The van der Waals surface area contributed by atoms with Gasteiger partial charge < -0.3 is 4.74 Å². The van der Waals surface area contributed by atoms with Crippen LogP contribution in [-0.2, 0) is 6.61 Å². The molecule has 24 heavy (non-hydrogen) atoms. The molecule has 118 valence electrons. The van der Waals surface area contributed by atoms with Gasteiger partial charge in [-0.2, -0.15) is 4.68 Å². The van der Waals surface area contributed by atoms with Crippen molar-refractivity contribution in [3.8, 4) is 11.4 Å². The van der Waals surface area contributed by atoms with Crippen molar-refractivity contribution < 1.29 is 4.74 Å². The number of para-hydroxylation sites is 1. The molecule has 2 heterocycles. The van der Waals surface area contributed by atoms with Crippen LogP contribution in [0.4, 0.5) is 0 Å². The number of hydrogen-bond acceptors (Lipinski definition) is 5. The summed E-state index contributed by atoms with van der Waals surface area (Å²) < 4.78 is 8.57. The minimum Gasteiger partial charge on any atom is -0.483 e. The van der Waals surface area contributed by atoms with Gasteiger partial charge in [0.1, 0.15) is 17.9 Å². The van der Waals surface area contributed by atoms with E-state index >= 15 is 0 Å². The maximum atomic E-state index is 5.91. The van der Waals surface area contributed by atoms with Crippen LogP contribution in [0.1, 0.15) is 5.82 Å². The topological polar surface area (TPSA) is 65.7 Å². The van der Waals surface area contributed by atoms with E-state index < -0.39 is 0 Å². The quantitative estimate of drug-likeness (QED) is 0.540. The number of aromatic nitrogens is 5. The summed E-state index contributed by atoms with van der Waals surface area (Å²) >= 11 is 3.42. The van der Waals surface area contributed by atoms with Crippen LogP contribution in [0, 0.1) is 0 Å². The number of ether oxygens (including phenoxy) is 1. The molecule has 0 spiro atoms. The fraction of sp³-hybridized carbons (Fsp3) is 0.0588. The number of fused-ring (bicyclic) bond motifs is 1. The van der Waals surface area contributed by atoms with Gasteiger partial charge in [0.2, 0.25) is 0 Å². The second-order valence-corrected chi connectivity index (χ2v) is 6.02. The molecular weight excluding hydrogens is 370 g/mol. The summed E-state index contributed by atoms with van der Waals surface area (Å²) in [6.07, 6.45) is 1.75. The Bertz CT molecular complexity index is 978. The van der Waals surface area contributed by atoms with E-state index in [0.717, 1.165) is 21.1 Å². The van der Waals surface area contributed by atoms with Gasteiger partial charge in [0, 0.05) is 16.1 Å². The molecule has 0 amide bonds. The third-order valence-corrected chi connectivity index (χ3v) is 4.09. The van der Waals surface area contributed by atoms with Crippen LogP contribution >= 0.6 is 15.9 Å². The lowest BCUT2D eigenvalue weighted by atomic mass is 10.2. The molecule has 0 saturated heterocycles. The Balaban J connectivity index is 1.61. The first kappa shape index (κ1) is 14.8. The molecule has 6 nitrogen and oxygen atoms in total. The summed E-state index contributed by atoms with van der Waals surface area (Å²) in [5.74, 6) is 1.32. The van der Waals surface area contributed by atoms with E-state index in [1.54, 1.807) is 10.9 Å². The molecule has 0 bridgehead atoms. The van der Waals surface area contributed by atoms with E-state index in [1.165, 1.54) is 0 Å². The predicted octanol–water partition coefficient (Wildman–Crippen LogP) is 3.55. The fourth-order valence-corrected chi connectivity index (χ4v) is 2.68. The summed E-state index contributed by atoms with van der Waals surface area (Å²) in [6.45, 7) is 0.249. The number of rotatable bonds is 4. The molecule has 7 heteroatoms. The van der Waals surface area contributed by atoms with E-state index in [2.05, 4.69) is 36.4 Å². The third-order valence-electron chi connectivity index (χ3n) is 3.56. The Labute approximate surface area is 146 Å². The monoisotopic (exact) mass is 381 g/mol. The minimum atomic E-state index is 0.249. The molecule has 4 rings (SSSR count). The first-order valence-electron chi connectivity index (χ1n) is 7.31. The number of tetrazole rings is 1. The van der Waals surface area contributed by atoms with Crippen molar-refractivity contribution in [1.29, 1.82) is 0 Å². The zero-order chi connectivity index (χ0) is 16.4. The van der Waals surface area contributed by atoms with E-state index in [-0.39, 0.29) is 6.61 Å². The second kappa shape index (κ2) is 6.37.